The van der Waals surface area contributed by atoms with Crippen LogP contribution >= 0.6 is 11.6 Å². The molecule has 1 saturated carbocycles. The molecule has 34 heavy (non-hydrogen) atoms. The van der Waals surface area contributed by atoms with Gasteiger partial charge in [-0.15, -0.1) is 0 Å². The van der Waals surface area contributed by atoms with Crippen molar-refractivity contribution in [3.8, 4) is 11.3 Å². The van der Waals surface area contributed by atoms with Gasteiger partial charge in [-0.05, 0) is 79.3 Å². The molecule has 5 rings (SSSR count). The van der Waals surface area contributed by atoms with Crippen LogP contribution in [-0.2, 0) is 6.54 Å². The summed E-state index contributed by atoms with van der Waals surface area (Å²) in [6.07, 6.45) is 9.11. The van der Waals surface area contributed by atoms with Gasteiger partial charge in [-0.1, -0.05) is 11.6 Å². The number of nitrogens with zero attached hydrogens (tertiary/aromatic N) is 4. The van der Waals surface area contributed by atoms with E-state index in [1.54, 1.807) is 30.9 Å². The number of nitrogens with one attached hydrogen (secondary N) is 1. The Morgan fingerprint density at radius 2 is 2.06 bits per heavy atom. The zero-order chi connectivity index (χ0) is 23.7. The number of benzene rings is 1. The van der Waals surface area contributed by atoms with E-state index in [0.29, 0.717) is 23.7 Å². The maximum absolute atomic E-state index is 13.6. The molecule has 172 valence electrons. The average Bonchev–Trinajstić information content (AvgIpc) is 3.53. The minimum absolute atomic E-state index is 0.177. The number of rotatable bonds is 7. The van der Waals surface area contributed by atoms with Crippen LogP contribution in [0.1, 0.15) is 46.2 Å². The molecule has 1 fully saturated rings. The second-order valence-electron chi connectivity index (χ2n) is 8.65. The fourth-order valence-electron chi connectivity index (χ4n) is 4.03. The van der Waals surface area contributed by atoms with Gasteiger partial charge in [-0.2, -0.15) is 0 Å². The standard InChI is InChI=1S/C26H23ClFN5O/c1-16-6-7-30-23(10-16)25(18-2-3-18)32-26(34)24-12-17(14-33-9-8-29-15-33)11-22(31-24)20-5-4-19(28)13-21(20)27/h4-13,15,18,25H,2-3,14H2,1H3,(H,32,34). The second kappa shape index (κ2) is 9.35. The molecule has 8 heteroatoms. The molecule has 1 N–H and O–H groups in total. The lowest BCUT2D eigenvalue weighted by atomic mass is 10.0. The first kappa shape index (κ1) is 22.2. The van der Waals surface area contributed by atoms with Crippen molar-refractivity contribution in [2.75, 3.05) is 0 Å². The number of imidazole rings is 1. The summed E-state index contributed by atoms with van der Waals surface area (Å²) >= 11 is 6.32. The van der Waals surface area contributed by atoms with Crippen LogP contribution in [0, 0.1) is 18.7 Å². The molecular formula is C26H23ClFN5O. The van der Waals surface area contributed by atoms with Crippen molar-refractivity contribution >= 4 is 17.5 Å². The summed E-state index contributed by atoms with van der Waals surface area (Å²) in [7, 11) is 0. The molecule has 0 saturated heterocycles. The molecule has 1 aliphatic rings. The van der Waals surface area contributed by atoms with E-state index in [9.17, 15) is 9.18 Å². The van der Waals surface area contributed by atoms with Crippen LogP contribution in [0.5, 0.6) is 0 Å². The van der Waals surface area contributed by atoms with Gasteiger partial charge in [-0.3, -0.25) is 9.78 Å². The third-order valence-electron chi connectivity index (χ3n) is 5.88. The summed E-state index contributed by atoms with van der Waals surface area (Å²) in [6.45, 7) is 2.51. The molecule has 0 bridgehead atoms. The Kier molecular flexibility index (Phi) is 6.11. The molecule has 1 unspecified atom stereocenters. The van der Waals surface area contributed by atoms with Gasteiger partial charge in [0.05, 0.1) is 28.8 Å². The number of carbonyl (C=O) groups is 1. The zero-order valence-corrected chi connectivity index (χ0v) is 19.3. The predicted octanol–water partition coefficient (Wildman–Crippen LogP) is 5.37. The monoisotopic (exact) mass is 475 g/mol. The molecule has 1 aromatic carbocycles. The van der Waals surface area contributed by atoms with Gasteiger partial charge >= 0.3 is 0 Å². The minimum atomic E-state index is -0.431. The lowest BCUT2D eigenvalue weighted by Gasteiger charge is -2.19. The molecule has 1 aliphatic carbocycles. The number of aromatic nitrogens is 4. The normalized spacial score (nSPS) is 14.1. The molecule has 3 heterocycles. The highest BCUT2D eigenvalue weighted by Crippen LogP contribution is 2.40. The van der Waals surface area contributed by atoms with Crippen molar-refractivity contribution < 1.29 is 9.18 Å². The number of carbonyl (C=O) groups excluding carboxylic acids is 1. The molecule has 0 aliphatic heterocycles. The number of aryl methyl sites for hydroxylation is 1. The lowest BCUT2D eigenvalue weighted by Crippen LogP contribution is -2.31. The van der Waals surface area contributed by atoms with E-state index in [0.717, 1.165) is 29.7 Å². The Morgan fingerprint density at radius 1 is 1.21 bits per heavy atom. The van der Waals surface area contributed by atoms with Crippen molar-refractivity contribution in [1.82, 2.24) is 24.8 Å². The summed E-state index contributed by atoms with van der Waals surface area (Å²) in [5.41, 5.74) is 4.13. The number of amides is 1. The van der Waals surface area contributed by atoms with Crippen LogP contribution in [0.3, 0.4) is 0 Å². The van der Waals surface area contributed by atoms with Crippen molar-refractivity contribution in [1.29, 1.82) is 0 Å². The van der Waals surface area contributed by atoms with Crippen LogP contribution in [0.15, 0.2) is 67.4 Å². The van der Waals surface area contributed by atoms with Crippen LogP contribution in [0.2, 0.25) is 5.02 Å². The predicted molar refractivity (Wildman–Crippen MR) is 128 cm³/mol. The Balaban J connectivity index is 1.50. The first-order valence-corrected chi connectivity index (χ1v) is 11.5. The van der Waals surface area contributed by atoms with Crippen molar-refractivity contribution in [2.45, 2.75) is 32.4 Å². The van der Waals surface area contributed by atoms with Gasteiger partial charge in [0.2, 0.25) is 0 Å². The van der Waals surface area contributed by atoms with Gasteiger partial charge in [0.15, 0.2) is 0 Å². The van der Waals surface area contributed by atoms with Crippen LogP contribution in [0.4, 0.5) is 4.39 Å². The number of hydrogen-bond acceptors (Lipinski definition) is 4. The van der Waals surface area contributed by atoms with Crippen molar-refractivity contribution in [2.24, 2.45) is 5.92 Å². The van der Waals surface area contributed by atoms with Crippen LogP contribution < -0.4 is 5.32 Å². The largest absolute Gasteiger partial charge is 0.342 e. The minimum Gasteiger partial charge on any atom is -0.342 e. The molecule has 1 atom stereocenters. The molecule has 0 radical (unpaired) electrons. The Bertz CT molecular complexity index is 1340. The molecule has 0 spiro atoms. The first-order valence-electron chi connectivity index (χ1n) is 11.1. The smallest absolute Gasteiger partial charge is 0.270 e. The van der Waals surface area contributed by atoms with Crippen molar-refractivity contribution in [3.05, 3.63) is 101 Å². The summed E-state index contributed by atoms with van der Waals surface area (Å²) in [5, 5.41) is 3.39. The Hall–Kier alpha value is -3.58. The highest BCUT2D eigenvalue weighted by Gasteiger charge is 2.35. The summed E-state index contributed by atoms with van der Waals surface area (Å²) in [4.78, 5) is 26.6. The lowest BCUT2D eigenvalue weighted by molar-refractivity contribution is 0.0925. The van der Waals surface area contributed by atoms with E-state index in [1.165, 1.54) is 12.1 Å². The molecule has 3 aromatic heterocycles. The van der Waals surface area contributed by atoms with Crippen LogP contribution in [0.25, 0.3) is 11.3 Å². The molecule has 6 nitrogen and oxygen atoms in total. The first-order chi connectivity index (χ1) is 16.5. The molecular weight excluding hydrogens is 453 g/mol. The van der Waals surface area contributed by atoms with E-state index in [4.69, 9.17) is 11.6 Å². The van der Waals surface area contributed by atoms with Gasteiger partial charge < -0.3 is 9.88 Å². The second-order valence-corrected chi connectivity index (χ2v) is 9.06. The van der Waals surface area contributed by atoms with E-state index >= 15 is 0 Å². The van der Waals surface area contributed by atoms with Crippen LogP contribution in [-0.4, -0.2) is 25.4 Å². The number of halogens is 2. The maximum atomic E-state index is 13.6. The van der Waals surface area contributed by atoms with Gasteiger partial charge in [0.1, 0.15) is 11.5 Å². The van der Waals surface area contributed by atoms with Crippen molar-refractivity contribution in [3.63, 3.8) is 0 Å². The SMILES string of the molecule is Cc1ccnc(C(NC(=O)c2cc(Cn3ccnc3)cc(-c3ccc(F)cc3Cl)n2)C2CC2)c1. The summed E-state index contributed by atoms with van der Waals surface area (Å²) < 4.78 is 15.5. The molecule has 1 amide bonds. The fraction of sp³-hybridized carbons (Fsp3) is 0.231. The number of hydrogen-bond donors (Lipinski definition) is 1. The Morgan fingerprint density at radius 3 is 2.76 bits per heavy atom. The van der Waals surface area contributed by atoms with E-state index in [1.807, 2.05) is 35.9 Å². The topological polar surface area (TPSA) is 72.7 Å². The Labute approximate surface area is 201 Å². The third kappa shape index (κ3) is 4.99. The van der Waals surface area contributed by atoms with E-state index < -0.39 is 5.82 Å². The van der Waals surface area contributed by atoms with Gasteiger partial charge in [0, 0.05) is 30.7 Å². The van der Waals surface area contributed by atoms with Gasteiger partial charge in [-0.25, -0.2) is 14.4 Å². The fourth-order valence-corrected chi connectivity index (χ4v) is 4.29. The highest BCUT2D eigenvalue weighted by molar-refractivity contribution is 6.33. The summed E-state index contributed by atoms with van der Waals surface area (Å²) in [5.74, 6) is -0.357. The summed E-state index contributed by atoms with van der Waals surface area (Å²) in [6, 6.07) is 11.5. The molecule has 4 aromatic rings. The quantitative estimate of drug-likeness (QED) is 0.390. The van der Waals surface area contributed by atoms with E-state index in [2.05, 4.69) is 20.3 Å². The third-order valence-corrected chi connectivity index (χ3v) is 6.20. The average molecular weight is 476 g/mol. The van der Waals surface area contributed by atoms with E-state index in [-0.39, 0.29) is 22.7 Å². The maximum Gasteiger partial charge on any atom is 0.270 e. The highest BCUT2D eigenvalue weighted by atomic mass is 35.5. The number of pyridine rings is 2. The zero-order valence-electron chi connectivity index (χ0n) is 18.6. The van der Waals surface area contributed by atoms with Gasteiger partial charge in [0.25, 0.3) is 5.91 Å².